The van der Waals surface area contributed by atoms with Crippen molar-refractivity contribution in [1.82, 2.24) is 0 Å². The van der Waals surface area contributed by atoms with Gasteiger partial charge in [0.05, 0.1) is 11.0 Å². The Balaban J connectivity index is 2.35. The van der Waals surface area contributed by atoms with Gasteiger partial charge in [-0.15, -0.1) is 0 Å². The molecule has 74 valence electrons. The molecule has 0 aromatic heterocycles. The summed E-state index contributed by atoms with van der Waals surface area (Å²) in [7, 11) is 0. The van der Waals surface area contributed by atoms with Crippen molar-refractivity contribution in [3.05, 3.63) is 63.0 Å². The first kappa shape index (κ1) is 7.99. The normalized spacial score (nSPS) is 13.8. The van der Waals surface area contributed by atoms with Gasteiger partial charge < -0.3 is 0 Å². The van der Waals surface area contributed by atoms with Gasteiger partial charge in [-0.25, -0.2) is 4.99 Å². The zero-order chi connectivity index (χ0) is 10.5. The number of hydrogen-bond donors (Lipinski definition) is 0. The van der Waals surface area contributed by atoms with E-state index >= 15 is 0 Å². The van der Waals surface area contributed by atoms with E-state index in [4.69, 9.17) is 0 Å². The lowest BCUT2D eigenvalue weighted by atomic mass is 10.1. The van der Waals surface area contributed by atoms with Crippen LogP contribution in [0.3, 0.4) is 0 Å². The fourth-order valence-electron chi connectivity index (χ4n) is 2.32. The smallest absolute Gasteiger partial charge is 0.0810 e. The first-order valence-corrected chi connectivity index (χ1v) is 5.28. The quantitative estimate of drug-likeness (QED) is 0.529. The minimum Gasteiger partial charge on any atom is -0.263 e. The van der Waals surface area contributed by atoms with Crippen LogP contribution >= 0.6 is 0 Å². The maximum absolute atomic E-state index is 4.68. The number of nitrogens with zero attached hydrogens (tertiary/aromatic N) is 2. The summed E-state index contributed by atoms with van der Waals surface area (Å²) in [5.41, 5.74) is 2.21. The van der Waals surface area contributed by atoms with Crippen molar-refractivity contribution < 1.29 is 0 Å². The van der Waals surface area contributed by atoms with Gasteiger partial charge in [-0.05, 0) is 6.07 Å². The molecule has 2 heterocycles. The first-order valence-electron chi connectivity index (χ1n) is 5.28. The number of benzene rings is 2. The maximum Gasteiger partial charge on any atom is 0.0810 e. The summed E-state index contributed by atoms with van der Waals surface area (Å²) in [6, 6.07) is 12.5. The second kappa shape index (κ2) is 2.67. The van der Waals surface area contributed by atoms with Crippen LogP contribution in [0.1, 0.15) is 5.56 Å². The van der Waals surface area contributed by atoms with Crippen LogP contribution in [-0.4, -0.2) is 6.21 Å². The molecular weight excluding hydrogens is 196 g/mol. The average Bonchev–Trinajstić information content (AvgIpc) is 2.92. The molecule has 0 aliphatic carbocycles. The predicted molar refractivity (Wildman–Crippen MR) is 63.1 cm³/mol. The fourth-order valence-corrected chi connectivity index (χ4v) is 2.32. The Morgan fingerprint density at radius 2 is 1.81 bits per heavy atom. The van der Waals surface area contributed by atoms with Crippen LogP contribution in [0.5, 0.6) is 0 Å². The van der Waals surface area contributed by atoms with Crippen LogP contribution in [0.2, 0.25) is 0 Å². The minimum absolute atomic E-state index is 1.06. The third-order valence-electron chi connectivity index (χ3n) is 3.09. The van der Waals surface area contributed by atoms with Crippen LogP contribution in [0.15, 0.2) is 46.4 Å². The molecule has 0 unspecified atom stereocenters. The van der Waals surface area contributed by atoms with Gasteiger partial charge in [-0.3, -0.25) is 4.99 Å². The monoisotopic (exact) mass is 204 g/mol. The Morgan fingerprint density at radius 1 is 0.875 bits per heavy atom. The topological polar surface area (TPSA) is 24.7 Å². The van der Waals surface area contributed by atoms with Gasteiger partial charge in [-0.1, -0.05) is 30.3 Å². The van der Waals surface area contributed by atoms with Crippen LogP contribution in [0, 0.1) is 10.4 Å². The molecular formula is C14H8N2. The second-order valence-corrected chi connectivity index (χ2v) is 4.00. The second-order valence-electron chi connectivity index (χ2n) is 4.00. The highest BCUT2D eigenvalue weighted by molar-refractivity contribution is 5.91. The third-order valence-corrected chi connectivity index (χ3v) is 3.09. The highest BCUT2D eigenvalue weighted by Crippen LogP contribution is 2.20. The van der Waals surface area contributed by atoms with E-state index < -0.39 is 0 Å². The summed E-state index contributed by atoms with van der Waals surface area (Å²) in [5.74, 6) is 0. The highest BCUT2D eigenvalue weighted by atomic mass is 14.8. The summed E-state index contributed by atoms with van der Waals surface area (Å²) in [6.45, 7) is 0. The molecule has 4 rings (SSSR count). The lowest BCUT2D eigenvalue weighted by molar-refractivity contribution is 1.37. The Labute approximate surface area is 91.6 Å². The molecule has 2 aromatic carbocycles. The molecule has 2 aromatic rings. The molecule has 2 heteroatoms. The van der Waals surface area contributed by atoms with Crippen LogP contribution in [-0.2, 0) is 0 Å². The molecule has 0 spiro atoms. The molecule has 0 fully saturated rings. The molecule has 2 aliphatic rings. The minimum atomic E-state index is 1.06. The number of para-hydroxylation sites is 1. The largest absolute Gasteiger partial charge is 0.263 e. The molecule has 0 amide bonds. The summed E-state index contributed by atoms with van der Waals surface area (Å²) in [6.07, 6.45) is 3.78. The molecule has 2 nitrogen and oxygen atoms in total. The van der Waals surface area contributed by atoms with Crippen molar-refractivity contribution in [2.75, 3.05) is 0 Å². The van der Waals surface area contributed by atoms with E-state index in [-0.39, 0.29) is 0 Å². The van der Waals surface area contributed by atoms with E-state index in [0.29, 0.717) is 0 Å². The van der Waals surface area contributed by atoms with Gasteiger partial charge in [0.2, 0.25) is 0 Å². The van der Waals surface area contributed by atoms with E-state index in [9.17, 15) is 0 Å². The van der Waals surface area contributed by atoms with Gasteiger partial charge in [0, 0.05) is 33.6 Å². The summed E-state index contributed by atoms with van der Waals surface area (Å²) in [5, 5.41) is 4.67. The van der Waals surface area contributed by atoms with Crippen molar-refractivity contribution in [2.24, 2.45) is 9.98 Å². The number of aliphatic imine (C=N–C) groups is 1. The molecule has 0 saturated carbocycles. The zero-order valence-electron chi connectivity index (χ0n) is 8.51. The van der Waals surface area contributed by atoms with Gasteiger partial charge in [0.1, 0.15) is 0 Å². The number of fused-ring (bicyclic) bond motifs is 4. The van der Waals surface area contributed by atoms with Crippen molar-refractivity contribution >= 4 is 18.1 Å². The molecule has 16 heavy (non-hydrogen) atoms. The van der Waals surface area contributed by atoms with E-state index in [2.05, 4.69) is 40.3 Å². The van der Waals surface area contributed by atoms with Crippen molar-refractivity contribution in [2.45, 2.75) is 0 Å². The van der Waals surface area contributed by atoms with Gasteiger partial charge >= 0.3 is 0 Å². The highest BCUT2D eigenvalue weighted by Gasteiger charge is 2.10. The number of rotatable bonds is 0. The van der Waals surface area contributed by atoms with E-state index in [1.807, 2.05) is 18.5 Å². The van der Waals surface area contributed by atoms with Gasteiger partial charge in [0.15, 0.2) is 0 Å². The lowest BCUT2D eigenvalue weighted by Crippen LogP contribution is -2.03. The lowest BCUT2D eigenvalue weighted by Gasteiger charge is -1.95. The van der Waals surface area contributed by atoms with E-state index in [1.54, 1.807) is 0 Å². The SMILES string of the molecule is C1=NC=c2ccc3c(c21)N=c1ccccc1=3. The number of hydrogen-bond acceptors (Lipinski definition) is 2. The van der Waals surface area contributed by atoms with E-state index in [1.165, 1.54) is 10.4 Å². The summed E-state index contributed by atoms with van der Waals surface area (Å²) < 4.78 is 0. The Kier molecular flexibility index (Phi) is 1.33. The summed E-state index contributed by atoms with van der Waals surface area (Å²) in [4.78, 5) is 8.86. The van der Waals surface area contributed by atoms with Crippen molar-refractivity contribution in [1.29, 1.82) is 0 Å². The molecule has 0 bridgehead atoms. The third kappa shape index (κ3) is 0.865. The molecule has 0 saturated heterocycles. The average molecular weight is 204 g/mol. The standard InChI is InChI=1S/C14H8N2/c1-2-4-13-10(3-1)11-6-5-9-7-15-8-12(9)14(11)16-13/h1-8H. The predicted octanol–water partition coefficient (Wildman–Crippen LogP) is 1.41. The molecule has 2 aliphatic heterocycles. The van der Waals surface area contributed by atoms with Crippen LogP contribution in [0.4, 0.5) is 5.69 Å². The van der Waals surface area contributed by atoms with Gasteiger partial charge in [0.25, 0.3) is 0 Å². The van der Waals surface area contributed by atoms with Crippen LogP contribution in [0.25, 0.3) is 6.20 Å². The first-order chi connectivity index (χ1) is 7.93. The zero-order valence-corrected chi connectivity index (χ0v) is 8.51. The molecule has 0 atom stereocenters. The summed E-state index contributed by atoms with van der Waals surface area (Å²) >= 11 is 0. The maximum atomic E-state index is 4.68. The van der Waals surface area contributed by atoms with Gasteiger partial charge in [-0.2, -0.15) is 0 Å². The Bertz CT molecular complexity index is 845. The molecule has 0 radical (unpaired) electrons. The van der Waals surface area contributed by atoms with Crippen LogP contribution < -0.4 is 10.6 Å². The fraction of sp³-hybridized carbons (Fsp3) is 0. The Hall–Kier alpha value is -2.22. The Morgan fingerprint density at radius 3 is 2.81 bits per heavy atom. The van der Waals surface area contributed by atoms with Crippen molar-refractivity contribution in [3.8, 4) is 0 Å². The van der Waals surface area contributed by atoms with Crippen molar-refractivity contribution in [3.63, 3.8) is 0 Å². The molecule has 0 N–H and O–H groups in total. The van der Waals surface area contributed by atoms with E-state index in [0.717, 1.165) is 21.8 Å².